The number of aromatic carboxylic acids is 1. The first-order chi connectivity index (χ1) is 16.1. The Balaban J connectivity index is 1.80. The van der Waals surface area contributed by atoms with Crippen molar-refractivity contribution in [3.63, 3.8) is 0 Å². The molecule has 0 fully saturated rings. The Morgan fingerprint density at radius 1 is 0.697 bits per heavy atom. The van der Waals surface area contributed by atoms with Gasteiger partial charge in [0.2, 0.25) is 0 Å². The third-order valence-corrected chi connectivity index (χ3v) is 6.43. The van der Waals surface area contributed by atoms with Crippen molar-refractivity contribution in [1.29, 1.82) is 0 Å². The standard InChI is InChI=1S/C29H50O4/c1-2-3-4-5-6-7-8-9-10-11-12-13-14-15-16-17-18-19-20-27(30)25-33-28-23-21-26(22-24-28)29(31)32/h21-24,27,30H,2-20,25H2,1H3,(H,31,32). The SMILES string of the molecule is CCCCCCCCCCCCCCCCCCCCC(O)COc1ccc(C(=O)O)cc1. The molecular weight excluding hydrogens is 412 g/mol. The number of carboxylic acid groups (broad SMARTS) is 1. The second-order valence-electron chi connectivity index (χ2n) is 9.59. The van der Waals surface area contributed by atoms with Crippen LogP contribution in [0.25, 0.3) is 0 Å². The molecule has 0 aliphatic rings. The summed E-state index contributed by atoms with van der Waals surface area (Å²) >= 11 is 0. The Bertz CT molecular complexity index is 569. The lowest BCUT2D eigenvalue weighted by molar-refractivity contribution is 0.0696. The molecule has 2 N–H and O–H groups in total. The highest BCUT2D eigenvalue weighted by atomic mass is 16.5. The minimum Gasteiger partial charge on any atom is -0.491 e. The van der Waals surface area contributed by atoms with E-state index in [1.807, 2.05) is 0 Å². The van der Waals surface area contributed by atoms with Crippen LogP contribution in [-0.4, -0.2) is 28.9 Å². The number of hydrogen-bond donors (Lipinski definition) is 2. The fraction of sp³-hybridized carbons (Fsp3) is 0.759. The molecule has 0 aromatic heterocycles. The van der Waals surface area contributed by atoms with Crippen LogP contribution in [0.1, 0.15) is 139 Å². The Morgan fingerprint density at radius 3 is 1.48 bits per heavy atom. The molecule has 0 heterocycles. The highest BCUT2D eigenvalue weighted by Crippen LogP contribution is 2.16. The molecule has 0 aliphatic carbocycles. The first kappa shape index (κ1) is 29.5. The first-order valence-electron chi connectivity index (χ1n) is 13.8. The van der Waals surface area contributed by atoms with E-state index in [-0.39, 0.29) is 12.2 Å². The maximum Gasteiger partial charge on any atom is 0.335 e. The summed E-state index contributed by atoms with van der Waals surface area (Å²) in [6, 6.07) is 6.29. The molecule has 0 aliphatic heterocycles. The molecule has 0 amide bonds. The molecule has 1 rings (SSSR count). The molecule has 0 saturated heterocycles. The van der Waals surface area contributed by atoms with E-state index < -0.39 is 12.1 Å². The lowest BCUT2D eigenvalue weighted by atomic mass is 10.0. The van der Waals surface area contributed by atoms with Crippen LogP contribution in [0.15, 0.2) is 24.3 Å². The molecule has 190 valence electrons. The fourth-order valence-electron chi connectivity index (χ4n) is 4.25. The minimum absolute atomic E-state index is 0.238. The van der Waals surface area contributed by atoms with Gasteiger partial charge in [0.15, 0.2) is 0 Å². The van der Waals surface area contributed by atoms with Crippen LogP contribution in [0.4, 0.5) is 0 Å². The Kier molecular flexibility index (Phi) is 18.8. The summed E-state index contributed by atoms with van der Waals surface area (Å²) in [7, 11) is 0. The number of rotatable bonds is 23. The molecule has 1 unspecified atom stereocenters. The lowest BCUT2D eigenvalue weighted by Gasteiger charge is -2.12. The number of carbonyl (C=O) groups is 1. The summed E-state index contributed by atoms with van der Waals surface area (Å²) in [4.78, 5) is 10.8. The number of ether oxygens (including phenoxy) is 1. The van der Waals surface area contributed by atoms with Crippen molar-refractivity contribution in [2.45, 2.75) is 135 Å². The van der Waals surface area contributed by atoms with Crippen molar-refractivity contribution in [2.75, 3.05) is 6.61 Å². The molecule has 1 aromatic rings. The maximum absolute atomic E-state index is 10.8. The van der Waals surface area contributed by atoms with Crippen molar-refractivity contribution < 1.29 is 19.7 Å². The van der Waals surface area contributed by atoms with Gasteiger partial charge in [-0.1, -0.05) is 122 Å². The Hall–Kier alpha value is -1.55. The predicted octanol–water partition coefficient (Wildman–Crippen LogP) is 8.56. The molecule has 0 spiro atoms. The van der Waals surface area contributed by atoms with Crippen LogP contribution in [0.5, 0.6) is 5.75 Å². The van der Waals surface area contributed by atoms with Gasteiger partial charge in [0.25, 0.3) is 0 Å². The van der Waals surface area contributed by atoms with Crippen LogP contribution < -0.4 is 4.74 Å². The van der Waals surface area contributed by atoms with E-state index in [0.717, 1.165) is 12.8 Å². The fourth-order valence-corrected chi connectivity index (χ4v) is 4.25. The zero-order valence-electron chi connectivity index (χ0n) is 21.2. The summed E-state index contributed by atoms with van der Waals surface area (Å²) in [6.07, 6.45) is 24.8. The van der Waals surface area contributed by atoms with Gasteiger partial charge in [-0.2, -0.15) is 0 Å². The topological polar surface area (TPSA) is 66.8 Å². The number of aliphatic hydroxyl groups excluding tert-OH is 1. The third-order valence-electron chi connectivity index (χ3n) is 6.43. The number of hydrogen-bond acceptors (Lipinski definition) is 3. The van der Waals surface area contributed by atoms with E-state index in [0.29, 0.717) is 5.75 Å². The van der Waals surface area contributed by atoms with Crippen molar-refractivity contribution in [3.05, 3.63) is 29.8 Å². The van der Waals surface area contributed by atoms with E-state index >= 15 is 0 Å². The molecule has 4 heteroatoms. The highest BCUT2D eigenvalue weighted by Gasteiger charge is 2.07. The molecule has 1 atom stereocenters. The summed E-state index contributed by atoms with van der Waals surface area (Å²) in [6.45, 7) is 2.54. The Labute approximate surface area is 203 Å². The van der Waals surface area contributed by atoms with E-state index in [2.05, 4.69) is 6.92 Å². The van der Waals surface area contributed by atoms with Gasteiger partial charge in [0.1, 0.15) is 12.4 Å². The molecule has 0 radical (unpaired) electrons. The molecule has 4 nitrogen and oxygen atoms in total. The minimum atomic E-state index is -0.948. The number of benzene rings is 1. The average Bonchev–Trinajstić information content (AvgIpc) is 2.82. The molecule has 33 heavy (non-hydrogen) atoms. The van der Waals surface area contributed by atoms with Gasteiger partial charge in [0, 0.05) is 0 Å². The van der Waals surface area contributed by atoms with E-state index in [9.17, 15) is 9.90 Å². The Morgan fingerprint density at radius 2 is 1.09 bits per heavy atom. The highest BCUT2D eigenvalue weighted by molar-refractivity contribution is 5.87. The van der Waals surface area contributed by atoms with Crippen molar-refractivity contribution in [3.8, 4) is 5.75 Å². The number of unbranched alkanes of at least 4 members (excludes halogenated alkanes) is 17. The van der Waals surface area contributed by atoms with E-state index in [1.165, 1.54) is 121 Å². The number of carboxylic acids is 1. The molecule has 0 saturated carbocycles. The third kappa shape index (κ3) is 17.6. The maximum atomic E-state index is 10.8. The number of aliphatic hydroxyl groups is 1. The monoisotopic (exact) mass is 462 g/mol. The van der Waals surface area contributed by atoms with Gasteiger partial charge in [-0.05, 0) is 30.7 Å². The summed E-state index contributed by atoms with van der Waals surface area (Å²) in [5.74, 6) is -0.354. The normalized spacial score (nSPS) is 12.1. The summed E-state index contributed by atoms with van der Waals surface area (Å²) < 4.78 is 5.55. The second-order valence-corrected chi connectivity index (χ2v) is 9.59. The van der Waals surface area contributed by atoms with Crippen LogP contribution in [0.2, 0.25) is 0 Å². The van der Waals surface area contributed by atoms with Crippen molar-refractivity contribution >= 4 is 5.97 Å². The van der Waals surface area contributed by atoms with Gasteiger partial charge < -0.3 is 14.9 Å². The van der Waals surface area contributed by atoms with E-state index in [4.69, 9.17) is 9.84 Å². The van der Waals surface area contributed by atoms with Crippen LogP contribution in [0.3, 0.4) is 0 Å². The van der Waals surface area contributed by atoms with Gasteiger partial charge in [-0.3, -0.25) is 0 Å². The van der Waals surface area contributed by atoms with Crippen molar-refractivity contribution in [1.82, 2.24) is 0 Å². The average molecular weight is 463 g/mol. The van der Waals surface area contributed by atoms with Crippen molar-refractivity contribution in [2.24, 2.45) is 0 Å². The first-order valence-corrected chi connectivity index (χ1v) is 13.8. The largest absolute Gasteiger partial charge is 0.491 e. The zero-order valence-corrected chi connectivity index (χ0v) is 21.2. The van der Waals surface area contributed by atoms with Gasteiger partial charge >= 0.3 is 5.97 Å². The van der Waals surface area contributed by atoms with Gasteiger partial charge in [-0.15, -0.1) is 0 Å². The molecule has 0 bridgehead atoms. The van der Waals surface area contributed by atoms with Crippen LogP contribution in [-0.2, 0) is 0 Å². The predicted molar refractivity (Wildman–Crippen MR) is 138 cm³/mol. The second kappa shape index (κ2) is 21.0. The van der Waals surface area contributed by atoms with E-state index in [1.54, 1.807) is 12.1 Å². The summed E-state index contributed by atoms with van der Waals surface area (Å²) in [5, 5.41) is 19.0. The lowest BCUT2D eigenvalue weighted by Crippen LogP contribution is -2.17. The van der Waals surface area contributed by atoms with Crippen LogP contribution in [0, 0.1) is 0 Å². The molecular formula is C29H50O4. The van der Waals surface area contributed by atoms with Gasteiger partial charge in [-0.25, -0.2) is 4.79 Å². The molecule has 1 aromatic carbocycles. The summed E-state index contributed by atoms with van der Waals surface area (Å²) in [5.41, 5.74) is 0.238. The zero-order chi connectivity index (χ0) is 24.0. The van der Waals surface area contributed by atoms with Gasteiger partial charge in [0.05, 0.1) is 11.7 Å². The smallest absolute Gasteiger partial charge is 0.335 e. The van der Waals surface area contributed by atoms with Crippen LogP contribution >= 0.6 is 0 Å². The quantitative estimate of drug-likeness (QED) is 0.160.